The average Bonchev–Trinajstić information content (AvgIpc) is 3.47. The highest BCUT2D eigenvalue weighted by molar-refractivity contribution is 8.00. The van der Waals surface area contributed by atoms with E-state index in [4.69, 9.17) is 0 Å². The van der Waals surface area contributed by atoms with Gasteiger partial charge in [-0.1, -0.05) is 71.1 Å². The second-order valence-corrected chi connectivity index (χ2v) is 10.6. The molecule has 1 amide bonds. The molecule has 0 saturated carbocycles. The van der Waals surface area contributed by atoms with Crippen molar-refractivity contribution >= 4 is 45.7 Å². The molecular weight excluding hydrogens is 492 g/mol. The van der Waals surface area contributed by atoms with Crippen LogP contribution in [0.4, 0.5) is 5.13 Å². The molecule has 1 N–H and O–H groups in total. The van der Waals surface area contributed by atoms with Crippen LogP contribution in [0, 0.1) is 13.8 Å². The predicted molar refractivity (Wildman–Crippen MR) is 141 cm³/mol. The number of pyridine rings is 1. The number of aromatic nitrogens is 3. The molecule has 1 aliphatic rings. The molecule has 2 aromatic carbocycles. The maximum absolute atomic E-state index is 13.3. The lowest BCUT2D eigenvalue weighted by molar-refractivity contribution is -0.132. The molecule has 0 radical (unpaired) electrons. The number of benzene rings is 2. The number of anilines is 1. The summed E-state index contributed by atoms with van der Waals surface area (Å²) in [6.07, 6.45) is 3.18. The number of nitrogens with zero attached hydrogens (tertiary/aromatic N) is 4. The van der Waals surface area contributed by atoms with Crippen LogP contribution in [-0.4, -0.2) is 32.0 Å². The third kappa shape index (κ3) is 4.55. The van der Waals surface area contributed by atoms with Gasteiger partial charge in [-0.05, 0) is 48.7 Å². The predicted octanol–water partition coefficient (Wildman–Crippen LogP) is 5.47. The Kier molecular flexibility index (Phi) is 6.67. The normalized spacial score (nSPS) is 17.1. The Morgan fingerprint density at radius 2 is 1.78 bits per heavy atom. The van der Waals surface area contributed by atoms with Gasteiger partial charge in [-0.3, -0.25) is 19.5 Å². The lowest BCUT2D eigenvalue weighted by Gasteiger charge is -2.22. The quantitative estimate of drug-likeness (QED) is 0.120. The topological polar surface area (TPSA) is 96.3 Å². The van der Waals surface area contributed by atoms with E-state index in [2.05, 4.69) is 15.2 Å². The molecule has 1 aliphatic heterocycles. The van der Waals surface area contributed by atoms with E-state index in [1.807, 2.05) is 62.4 Å². The standard InChI is InChI=1S/C27H22N4O3S2/c1-16-8-9-17(2)20(14-16)23(32)21-22(19-10-12-28-13-11-19)31(25(34)24(21)33)26-29-30-27(36-26)35-15-18-6-4-3-5-7-18/h3-14,22,32H,15H2,1-2H3. The number of hydrogen-bond donors (Lipinski definition) is 1. The van der Waals surface area contributed by atoms with Crippen LogP contribution in [0.25, 0.3) is 5.76 Å². The van der Waals surface area contributed by atoms with E-state index >= 15 is 0 Å². The number of aliphatic hydroxyl groups excluding tert-OH is 1. The van der Waals surface area contributed by atoms with Crippen molar-refractivity contribution in [2.24, 2.45) is 0 Å². The van der Waals surface area contributed by atoms with Gasteiger partial charge in [-0.15, -0.1) is 10.2 Å². The Labute approximate surface area is 216 Å². The minimum atomic E-state index is -0.854. The third-order valence-electron chi connectivity index (χ3n) is 5.92. The Morgan fingerprint density at radius 3 is 2.53 bits per heavy atom. The lowest BCUT2D eigenvalue weighted by atomic mass is 9.94. The maximum Gasteiger partial charge on any atom is 0.301 e. The first kappa shape index (κ1) is 23.9. The van der Waals surface area contributed by atoms with E-state index in [0.717, 1.165) is 16.7 Å². The monoisotopic (exact) mass is 514 g/mol. The van der Waals surface area contributed by atoms with Gasteiger partial charge in [0, 0.05) is 23.7 Å². The molecule has 3 heterocycles. The lowest BCUT2D eigenvalue weighted by Crippen LogP contribution is -2.29. The van der Waals surface area contributed by atoms with E-state index in [-0.39, 0.29) is 11.3 Å². The first-order chi connectivity index (χ1) is 17.4. The second-order valence-electron chi connectivity index (χ2n) is 8.39. The first-order valence-electron chi connectivity index (χ1n) is 11.2. The molecule has 1 fully saturated rings. The zero-order valence-corrected chi connectivity index (χ0v) is 21.2. The number of aryl methyl sites for hydroxylation is 2. The third-order valence-corrected chi connectivity index (χ3v) is 8.05. The van der Waals surface area contributed by atoms with Gasteiger partial charge in [-0.2, -0.15) is 0 Å². The van der Waals surface area contributed by atoms with Gasteiger partial charge in [0.1, 0.15) is 5.76 Å². The van der Waals surface area contributed by atoms with Gasteiger partial charge in [0.15, 0.2) is 4.34 Å². The van der Waals surface area contributed by atoms with Crippen LogP contribution in [0.2, 0.25) is 0 Å². The number of carbonyl (C=O) groups excluding carboxylic acids is 2. The number of carbonyl (C=O) groups is 2. The summed E-state index contributed by atoms with van der Waals surface area (Å²) in [7, 11) is 0. The van der Waals surface area contributed by atoms with Gasteiger partial charge in [-0.25, -0.2) is 0 Å². The molecular formula is C27H22N4O3S2. The Morgan fingerprint density at radius 1 is 1.03 bits per heavy atom. The highest BCUT2D eigenvalue weighted by Crippen LogP contribution is 2.44. The molecule has 0 aliphatic carbocycles. The number of thioether (sulfide) groups is 1. The Hall–Kier alpha value is -3.82. The van der Waals surface area contributed by atoms with Crippen LogP contribution in [0.1, 0.15) is 33.9 Å². The van der Waals surface area contributed by atoms with Gasteiger partial charge in [0.2, 0.25) is 5.13 Å². The average molecular weight is 515 g/mol. The summed E-state index contributed by atoms with van der Waals surface area (Å²) in [4.78, 5) is 32.1. The summed E-state index contributed by atoms with van der Waals surface area (Å²) in [5.41, 5.74) is 4.06. The fourth-order valence-corrected chi connectivity index (χ4v) is 5.93. The van der Waals surface area contributed by atoms with Crippen LogP contribution < -0.4 is 4.90 Å². The largest absolute Gasteiger partial charge is 0.507 e. The summed E-state index contributed by atoms with van der Waals surface area (Å²) in [6, 6.07) is 18.2. The SMILES string of the molecule is Cc1ccc(C)c(C(O)=C2C(=O)C(=O)N(c3nnc(SCc4ccccc4)s3)C2c2ccncc2)c1. The molecule has 180 valence electrons. The van der Waals surface area contributed by atoms with Crippen molar-refractivity contribution in [3.8, 4) is 0 Å². The molecule has 36 heavy (non-hydrogen) atoms. The fraction of sp³-hybridized carbons (Fsp3) is 0.148. The number of Topliss-reactive ketones (excluding diaryl/α,β-unsaturated/α-hetero) is 1. The van der Waals surface area contributed by atoms with Crippen LogP contribution in [-0.2, 0) is 15.3 Å². The van der Waals surface area contributed by atoms with Crippen LogP contribution in [0.15, 0.2) is 83.0 Å². The number of ketones is 1. The number of amides is 1. The van der Waals surface area contributed by atoms with Crippen LogP contribution >= 0.6 is 23.1 Å². The summed E-state index contributed by atoms with van der Waals surface area (Å²) < 4.78 is 0.679. The second kappa shape index (κ2) is 10.0. The van der Waals surface area contributed by atoms with Crippen molar-refractivity contribution in [3.63, 3.8) is 0 Å². The summed E-state index contributed by atoms with van der Waals surface area (Å²) in [6.45, 7) is 3.76. The summed E-state index contributed by atoms with van der Waals surface area (Å²) in [5, 5.41) is 20.2. The van der Waals surface area contributed by atoms with Gasteiger partial charge in [0.25, 0.3) is 5.78 Å². The molecule has 0 bridgehead atoms. The maximum atomic E-state index is 13.3. The van der Waals surface area contributed by atoms with Crippen molar-refractivity contribution in [1.82, 2.24) is 15.2 Å². The summed E-state index contributed by atoms with van der Waals surface area (Å²) >= 11 is 2.75. The zero-order chi connectivity index (χ0) is 25.2. The van der Waals surface area contributed by atoms with Gasteiger partial charge in [0.05, 0.1) is 11.6 Å². The van der Waals surface area contributed by atoms with Crippen molar-refractivity contribution in [2.45, 2.75) is 30.0 Å². The Bertz CT molecular complexity index is 1470. The van der Waals surface area contributed by atoms with E-state index in [0.29, 0.717) is 26.4 Å². The Balaban J connectivity index is 1.56. The molecule has 5 rings (SSSR count). The first-order valence-corrected chi connectivity index (χ1v) is 13.0. The number of hydrogen-bond acceptors (Lipinski definition) is 8. The van der Waals surface area contributed by atoms with E-state index in [9.17, 15) is 14.7 Å². The highest BCUT2D eigenvalue weighted by atomic mass is 32.2. The molecule has 1 saturated heterocycles. The zero-order valence-electron chi connectivity index (χ0n) is 19.6. The molecule has 1 unspecified atom stereocenters. The van der Waals surface area contributed by atoms with E-state index in [1.165, 1.54) is 28.0 Å². The number of aliphatic hydroxyl groups is 1. The van der Waals surface area contributed by atoms with Crippen LogP contribution in [0.5, 0.6) is 0 Å². The highest BCUT2D eigenvalue weighted by Gasteiger charge is 2.48. The van der Waals surface area contributed by atoms with Gasteiger partial charge >= 0.3 is 5.91 Å². The minimum Gasteiger partial charge on any atom is -0.507 e. The molecule has 4 aromatic rings. The number of rotatable bonds is 6. The van der Waals surface area contributed by atoms with Crippen molar-refractivity contribution in [1.29, 1.82) is 0 Å². The van der Waals surface area contributed by atoms with Crippen molar-refractivity contribution < 1.29 is 14.7 Å². The fourth-order valence-electron chi connectivity index (χ4n) is 4.10. The summed E-state index contributed by atoms with van der Waals surface area (Å²) in [5.74, 6) is -1.01. The van der Waals surface area contributed by atoms with E-state index in [1.54, 1.807) is 24.5 Å². The van der Waals surface area contributed by atoms with E-state index < -0.39 is 17.7 Å². The minimum absolute atomic E-state index is 0.0218. The molecule has 0 spiro atoms. The van der Waals surface area contributed by atoms with Gasteiger partial charge < -0.3 is 5.11 Å². The molecule has 1 atom stereocenters. The molecule has 7 nitrogen and oxygen atoms in total. The van der Waals surface area contributed by atoms with Crippen molar-refractivity contribution in [3.05, 3.63) is 106 Å². The molecule has 9 heteroatoms. The molecule has 2 aromatic heterocycles. The smallest absolute Gasteiger partial charge is 0.301 e. The van der Waals surface area contributed by atoms with Crippen molar-refractivity contribution in [2.75, 3.05) is 4.90 Å². The van der Waals surface area contributed by atoms with Crippen LogP contribution in [0.3, 0.4) is 0 Å².